The van der Waals surface area contributed by atoms with Crippen molar-refractivity contribution in [3.63, 3.8) is 0 Å². The van der Waals surface area contributed by atoms with Gasteiger partial charge in [0.2, 0.25) is 0 Å². The smallest absolute Gasteiger partial charge is 0.264 e. The van der Waals surface area contributed by atoms with Gasteiger partial charge in [0.1, 0.15) is 5.75 Å². The van der Waals surface area contributed by atoms with Crippen molar-refractivity contribution in [2.75, 3.05) is 17.5 Å². The molecule has 1 amide bonds. The summed E-state index contributed by atoms with van der Waals surface area (Å²) in [6.45, 7) is 2.02. The molecule has 1 heterocycles. The van der Waals surface area contributed by atoms with Gasteiger partial charge in [0.15, 0.2) is 6.61 Å². The Labute approximate surface area is 206 Å². The number of hydrogen-bond donors (Lipinski definition) is 1. The van der Waals surface area contributed by atoms with E-state index in [1.54, 1.807) is 6.07 Å². The molecule has 0 bridgehead atoms. The average molecular weight is 550 g/mol. The van der Waals surface area contributed by atoms with E-state index in [0.29, 0.717) is 18.7 Å². The number of carbonyl (C=O) groups excluding carboxylic acids is 1. The molecule has 172 valence electrons. The Morgan fingerprint density at radius 1 is 1.15 bits per heavy atom. The first-order chi connectivity index (χ1) is 15.8. The van der Waals surface area contributed by atoms with E-state index in [1.807, 2.05) is 49.4 Å². The van der Waals surface area contributed by atoms with Crippen LogP contribution in [0.2, 0.25) is 5.02 Å². The highest BCUT2D eigenvalue weighted by Crippen LogP contribution is 2.35. The molecule has 1 atom stereocenters. The summed E-state index contributed by atoms with van der Waals surface area (Å²) in [4.78, 5) is 12.4. The molecule has 3 aromatic rings. The minimum absolute atomic E-state index is 0.0739. The molecule has 1 N–H and O–H groups in total. The lowest BCUT2D eigenvalue weighted by Gasteiger charge is -2.20. The third-order valence-electron chi connectivity index (χ3n) is 5.44. The number of carbonyl (C=O) groups is 1. The van der Waals surface area contributed by atoms with Crippen molar-refractivity contribution in [1.82, 2.24) is 5.32 Å². The molecule has 0 aliphatic carbocycles. The maximum atomic E-state index is 13.2. The fourth-order valence-electron chi connectivity index (χ4n) is 3.71. The summed E-state index contributed by atoms with van der Waals surface area (Å²) in [6, 6.07) is 19.2. The first kappa shape index (κ1) is 23.6. The number of hydrogen-bond acceptors (Lipinski definition) is 4. The number of rotatable bonds is 7. The molecule has 33 heavy (non-hydrogen) atoms. The number of benzene rings is 3. The van der Waals surface area contributed by atoms with Gasteiger partial charge in [-0.05, 0) is 60.9 Å². The predicted molar refractivity (Wildman–Crippen MR) is 132 cm³/mol. The number of sulfonamides is 1. The second kappa shape index (κ2) is 9.75. The highest BCUT2D eigenvalue weighted by atomic mass is 79.9. The average Bonchev–Trinajstić information content (AvgIpc) is 3.23. The van der Waals surface area contributed by atoms with Gasteiger partial charge in [-0.3, -0.25) is 9.10 Å². The van der Waals surface area contributed by atoms with Crippen LogP contribution in [0.1, 0.15) is 24.1 Å². The normalized spacial score (nSPS) is 14.0. The van der Waals surface area contributed by atoms with E-state index in [1.165, 1.54) is 22.5 Å². The van der Waals surface area contributed by atoms with E-state index in [2.05, 4.69) is 21.2 Å². The Bertz CT molecular complexity index is 1280. The van der Waals surface area contributed by atoms with Crippen LogP contribution in [0, 0.1) is 0 Å². The van der Waals surface area contributed by atoms with Gasteiger partial charge < -0.3 is 10.1 Å². The summed E-state index contributed by atoms with van der Waals surface area (Å²) in [5.74, 6) is -0.0734. The molecule has 1 unspecified atom stereocenters. The monoisotopic (exact) mass is 548 g/mol. The second-order valence-electron chi connectivity index (χ2n) is 7.68. The molecule has 0 spiro atoms. The molecule has 3 aromatic carbocycles. The van der Waals surface area contributed by atoms with E-state index >= 15 is 0 Å². The molecule has 1 aliphatic rings. The van der Waals surface area contributed by atoms with Gasteiger partial charge in [-0.15, -0.1) is 0 Å². The van der Waals surface area contributed by atoms with Crippen molar-refractivity contribution in [2.24, 2.45) is 0 Å². The zero-order valence-corrected chi connectivity index (χ0v) is 21.0. The van der Waals surface area contributed by atoms with Crippen LogP contribution in [0.25, 0.3) is 0 Å². The van der Waals surface area contributed by atoms with Crippen LogP contribution in [0.15, 0.2) is 76.1 Å². The number of para-hydroxylation sites is 1. The van der Waals surface area contributed by atoms with E-state index in [4.69, 9.17) is 16.3 Å². The fourth-order valence-corrected chi connectivity index (χ4v) is 5.80. The minimum Gasteiger partial charge on any atom is -0.482 e. The summed E-state index contributed by atoms with van der Waals surface area (Å²) in [5, 5.41) is 2.99. The lowest BCUT2D eigenvalue weighted by molar-refractivity contribution is -0.123. The van der Waals surface area contributed by atoms with Gasteiger partial charge in [-0.2, -0.15) is 0 Å². The standard InChI is InChI=1S/C24H22BrClN2O4S/c1-16(17-6-8-19(25)9-7-17)27-24(29)15-32-23-11-10-20(14-21(23)26)33(30,31)28-13-12-18-4-2-3-5-22(18)28/h2-11,14,16H,12-13,15H2,1H3,(H,27,29). The first-order valence-electron chi connectivity index (χ1n) is 10.3. The molecule has 0 saturated carbocycles. The molecule has 0 saturated heterocycles. The molecule has 6 nitrogen and oxygen atoms in total. The third kappa shape index (κ3) is 5.18. The van der Waals surface area contributed by atoms with Crippen LogP contribution >= 0.6 is 27.5 Å². The molecule has 0 aromatic heterocycles. The van der Waals surface area contributed by atoms with Crippen molar-refractivity contribution in [2.45, 2.75) is 24.3 Å². The van der Waals surface area contributed by atoms with Gasteiger partial charge >= 0.3 is 0 Å². The SMILES string of the molecule is CC(NC(=O)COc1ccc(S(=O)(=O)N2CCc3ccccc32)cc1Cl)c1ccc(Br)cc1. The van der Waals surface area contributed by atoms with Gasteiger partial charge in [0, 0.05) is 11.0 Å². The van der Waals surface area contributed by atoms with E-state index in [-0.39, 0.29) is 34.2 Å². The van der Waals surface area contributed by atoms with E-state index in [0.717, 1.165) is 15.6 Å². The van der Waals surface area contributed by atoms with Gasteiger partial charge in [-0.25, -0.2) is 8.42 Å². The Morgan fingerprint density at radius 2 is 1.88 bits per heavy atom. The quantitative estimate of drug-likeness (QED) is 0.444. The third-order valence-corrected chi connectivity index (χ3v) is 8.08. The van der Waals surface area contributed by atoms with Crippen molar-refractivity contribution in [1.29, 1.82) is 0 Å². The van der Waals surface area contributed by atoms with Crippen LogP contribution in [-0.2, 0) is 21.2 Å². The number of nitrogens with one attached hydrogen (secondary N) is 1. The number of amides is 1. The van der Waals surface area contributed by atoms with Crippen molar-refractivity contribution in [3.8, 4) is 5.75 Å². The molecular formula is C24H22BrClN2O4S. The fraction of sp³-hybridized carbons (Fsp3) is 0.208. The lowest BCUT2D eigenvalue weighted by atomic mass is 10.1. The zero-order valence-electron chi connectivity index (χ0n) is 17.8. The predicted octanol–water partition coefficient (Wildman–Crippen LogP) is 5.11. The van der Waals surface area contributed by atoms with Crippen LogP contribution in [0.3, 0.4) is 0 Å². The maximum Gasteiger partial charge on any atom is 0.264 e. The molecular weight excluding hydrogens is 528 g/mol. The number of fused-ring (bicyclic) bond motifs is 1. The Kier molecular flexibility index (Phi) is 6.97. The Morgan fingerprint density at radius 3 is 2.61 bits per heavy atom. The highest BCUT2D eigenvalue weighted by molar-refractivity contribution is 9.10. The first-order valence-corrected chi connectivity index (χ1v) is 12.9. The molecule has 1 aliphatic heterocycles. The van der Waals surface area contributed by atoms with Crippen molar-refractivity contribution >= 4 is 49.1 Å². The van der Waals surface area contributed by atoms with Crippen molar-refractivity contribution in [3.05, 3.63) is 87.4 Å². The summed E-state index contributed by atoms with van der Waals surface area (Å²) in [7, 11) is -3.76. The minimum atomic E-state index is -3.76. The van der Waals surface area contributed by atoms with E-state index < -0.39 is 10.0 Å². The van der Waals surface area contributed by atoms with Crippen LogP contribution in [-0.4, -0.2) is 27.5 Å². The molecule has 4 rings (SSSR count). The van der Waals surface area contributed by atoms with Crippen LogP contribution in [0.4, 0.5) is 5.69 Å². The number of halogens is 2. The Balaban J connectivity index is 1.41. The number of nitrogens with zero attached hydrogens (tertiary/aromatic N) is 1. The maximum absolute atomic E-state index is 13.2. The van der Waals surface area contributed by atoms with Crippen molar-refractivity contribution < 1.29 is 17.9 Å². The summed E-state index contributed by atoms with van der Waals surface area (Å²) >= 11 is 9.68. The topological polar surface area (TPSA) is 75.7 Å². The number of anilines is 1. The second-order valence-corrected chi connectivity index (χ2v) is 10.9. The lowest BCUT2D eigenvalue weighted by Crippen LogP contribution is -2.31. The largest absolute Gasteiger partial charge is 0.482 e. The van der Waals surface area contributed by atoms with Gasteiger partial charge in [-0.1, -0.05) is 57.9 Å². The number of ether oxygens (including phenoxy) is 1. The van der Waals surface area contributed by atoms with Crippen LogP contribution in [0.5, 0.6) is 5.75 Å². The summed E-state index contributed by atoms with van der Waals surface area (Å²) in [5.41, 5.74) is 2.64. The van der Waals surface area contributed by atoms with Gasteiger partial charge in [0.25, 0.3) is 15.9 Å². The van der Waals surface area contributed by atoms with E-state index in [9.17, 15) is 13.2 Å². The Hall–Kier alpha value is -2.55. The molecule has 0 fully saturated rings. The summed E-state index contributed by atoms with van der Waals surface area (Å²) in [6.07, 6.45) is 0.665. The summed E-state index contributed by atoms with van der Waals surface area (Å²) < 4.78 is 34.2. The molecule has 0 radical (unpaired) electrons. The zero-order chi connectivity index (χ0) is 23.6. The highest BCUT2D eigenvalue weighted by Gasteiger charge is 2.31. The van der Waals surface area contributed by atoms with Crippen LogP contribution < -0.4 is 14.4 Å². The van der Waals surface area contributed by atoms with Gasteiger partial charge in [0.05, 0.1) is 21.6 Å². The molecule has 9 heteroatoms.